The van der Waals surface area contributed by atoms with E-state index in [9.17, 15) is 21.6 Å². The second-order valence-corrected chi connectivity index (χ2v) is 6.97. The Morgan fingerprint density at radius 3 is 2.42 bits per heavy atom. The number of rotatable bonds is 6. The fourth-order valence-electron chi connectivity index (χ4n) is 2.01. The van der Waals surface area contributed by atoms with Crippen LogP contribution in [-0.4, -0.2) is 32.6 Å². The normalized spacial score (nSPS) is 12.0. The summed E-state index contributed by atoms with van der Waals surface area (Å²) in [6, 6.07) is 8.46. The van der Waals surface area contributed by atoms with Crippen LogP contribution in [0, 0.1) is 0 Å². The van der Waals surface area contributed by atoms with Crippen LogP contribution in [0.5, 0.6) is 5.75 Å². The summed E-state index contributed by atoms with van der Waals surface area (Å²) < 4.78 is 63.3. The molecule has 0 fully saturated rings. The number of halogens is 3. The Kier molecular flexibility index (Phi) is 5.33. The Balaban J connectivity index is 1.96. The molecule has 0 saturated heterocycles. The molecule has 0 amide bonds. The molecule has 24 heavy (non-hydrogen) atoms. The second-order valence-electron chi connectivity index (χ2n) is 4.99. The molecule has 130 valence electrons. The van der Waals surface area contributed by atoms with Crippen molar-refractivity contribution in [1.29, 1.82) is 0 Å². The minimum Gasteiger partial charge on any atom is -0.406 e. The maximum absolute atomic E-state index is 12.1. The van der Waals surface area contributed by atoms with Gasteiger partial charge in [0.15, 0.2) is 9.84 Å². The van der Waals surface area contributed by atoms with Gasteiger partial charge in [0.05, 0.1) is 0 Å². The third-order valence-electron chi connectivity index (χ3n) is 3.03. The number of nitrogens with one attached hydrogen (secondary N) is 1. The zero-order valence-corrected chi connectivity index (χ0v) is 13.5. The zero-order valence-electron chi connectivity index (χ0n) is 12.7. The lowest BCUT2D eigenvalue weighted by atomic mass is 10.1. The Hall–Kier alpha value is -2.29. The first-order valence-electron chi connectivity index (χ1n) is 6.89. The smallest absolute Gasteiger partial charge is 0.406 e. The highest BCUT2D eigenvalue weighted by Crippen LogP contribution is 2.23. The number of hydrogen-bond acceptors (Lipinski definition) is 5. The summed E-state index contributed by atoms with van der Waals surface area (Å²) in [6.07, 6.45) is -1.68. The molecule has 0 aliphatic rings. The van der Waals surface area contributed by atoms with E-state index in [1.165, 1.54) is 42.6 Å². The standard InChI is InChI=1S/C15H15F3N2O3S/c1-24(21,22)13-3-2-9-19-14(13)20-10-8-11-4-6-12(7-5-11)23-15(16,17)18/h2-7,9H,8,10H2,1H3,(H,19,20). The largest absolute Gasteiger partial charge is 0.573 e. The molecule has 0 spiro atoms. The van der Waals surface area contributed by atoms with Crippen LogP contribution < -0.4 is 10.1 Å². The Labute approximate surface area is 137 Å². The van der Waals surface area contributed by atoms with Gasteiger partial charge >= 0.3 is 6.36 Å². The summed E-state index contributed by atoms with van der Waals surface area (Å²) in [5.74, 6) is -0.0414. The van der Waals surface area contributed by atoms with Gasteiger partial charge in [0.2, 0.25) is 0 Å². The van der Waals surface area contributed by atoms with Gasteiger partial charge in [-0.3, -0.25) is 0 Å². The number of anilines is 1. The zero-order chi connectivity index (χ0) is 17.8. The fraction of sp³-hybridized carbons (Fsp3) is 0.267. The molecule has 0 atom stereocenters. The molecule has 0 aliphatic carbocycles. The van der Waals surface area contributed by atoms with Crippen LogP contribution in [0.3, 0.4) is 0 Å². The SMILES string of the molecule is CS(=O)(=O)c1cccnc1NCCc1ccc(OC(F)(F)F)cc1. The summed E-state index contributed by atoms with van der Waals surface area (Å²) in [6.45, 7) is 0.374. The van der Waals surface area contributed by atoms with Crippen molar-refractivity contribution < 1.29 is 26.3 Å². The molecule has 2 rings (SSSR count). The summed E-state index contributed by atoms with van der Waals surface area (Å²) >= 11 is 0. The van der Waals surface area contributed by atoms with Crippen molar-refractivity contribution in [2.24, 2.45) is 0 Å². The van der Waals surface area contributed by atoms with E-state index in [1.54, 1.807) is 0 Å². The molecule has 0 saturated carbocycles. The number of pyridine rings is 1. The monoisotopic (exact) mass is 360 g/mol. The van der Waals surface area contributed by atoms with Crippen molar-refractivity contribution in [3.05, 3.63) is 48.2 Å². The predicted molar refractivity (Wildman–Crippen MR) is 82.7 cm³/mol. The number of benzene rings is 1. The highest BCUT2D eigenvalue weighted by molar-refractivity contribution is 7.90. The lowest BCUT2D eigenvalue weighted by molar-refractivity contribution is -0.274. The van der Waals surface area contributed by atoms with E-state index in [0.29, 0.717) is 13.0 Å². The number of aromatic nitrogens is 1. The van der Waals surface area contributed by atoms with E-state index in [1.807, 2.05) is 0 Å². The highest BCUT2D eigenvalue weighted by atomic mass is 32.2. The molecule has 5 nitrogen and oxygen atoms in total. The first kappa shape index (κ1) is 18.1. The average Bonchev–Trinajstić information content (AvgIpc) is 2.47. The summed E-state index contributed by atoms with van der Waals surface area (Å²) in [5.41, 5.74) is 0.772. The topological polar surface area (TPSA) is 68.3 Å². The van der Waals surface area contributed by atoms with Crippen LogP contribution in [0.2, 0.25) is 0 Å². The quantitative estimate of drug-likeness (QED) is 0.858. The molecular formula is C15H15F3N2O3S. The van der Waals surface area contributed by atoms with E-state index in [4.69, 9.17) is 0 Å². The minimum atomic E-state index is -4.72. The van der Waals surface area contributed by atoms with Gasteiger partial charge in [0.1, 0.15) is 16.5 Å². The molecule has 1 aromatic carbocycles. The number of alkyl halides is 3. The summed E-state index contributed by atoms with van der Waals surface area (Å²) in [7, 11) is -3.40. The van der Waals surface area contributed by atoms with Crippen molar-refractivity contribution >= 4 is 15.7 Å². The first-order valence-corrected chi connectivity index (χ1v) is 8.78. The van der Waals surface area contributed by atoms with Gasteiger partial charge in [-0.05, 0) is 36.2 Å². The molecule has 2 aromatic rings. The van der Waals surface area contributed by atoms with E-state index in [-0.39, 0.29) is 16.5 Å². The number of hydrogen-bond donors (Lipinski definition) is 1. The molecule has 0 unspecified atom stereocenters. The van der Waals surface area contributed by atoms with Gasteiger partial charge in [-0.15, -0.1) is 13.2 Å². The van der Waals surface area contributed by atoms with E-state index in [0.717, 1.165) is 11.8 Å². The third-order valence-corrected chi connectivity index (χ3v) is 4.16. The van der Waals surface area contributed by atoms with Crippen molar-refractivity contribution in [1.82, 2.24) is 4.98 Å². The molecular weight excluding hydrogens is 345 g/mol. The van der Waals surface area contributed by atoms with Crippen molar-refractivity contribution in [3.63, 3.8) is 0 Å². The molecule has 0 aliphatic heterocycles. The Morgan fingerprint density at radius 1 is 1.17 bits per heavy atom. The van der Waals surface area contributed by atoms with Gasteiger partial charge in [0, 0.05) is 19.0 Å². The van der Waals surface area contributed by atoms with E-state index >= 15 is 0 Å². The van der Waals surface area contributed by atoms with Crippen molar-refractivity contribution in [2.75, 3.05) is 18.1 Å². The highest BCUT2D eigenvalue weighted by Gasteiger charge is 2.30. The van der Waals surface area contributed by atoms with Crippen LogP contribution >= 0.6 is 0 Å². The van der Waals surface area contributed by atoms with Crippen LogP contribution in [0.4, 0.5) is 19.0 Å². The van der Waals surface area contributed by atoms with Gasteiger partial charge in [-0.2, -0.15) is 0 Å². The number of sulfone groups is 1. The molecule has 1 heterocycles. The molecule has 0 radical (unpaired) electrons. The third kappa shape index (κ3) is 5.41. The maximum atomic E-state index is 12.1. The summed E-state index contributed by atoms with van der Waals surface area (Å²) in [5, 5.41) is 2.92. The Morgan fingerprint density at radius 2 is 1.83 bits per heavy atom. The molecule has 9 heteroatoms. The van der Waals surface area contributed by atoms with Gasteiger partial charge in [-0.1, -0.05) is 12.1 Å². The average molecular weight is 360 g/mol. The van der Waals surface area contributed by atoms with Crippen LogP contribution in [0.1, 0.15) is 5.56 Å². The predicted octanol–water partition coefficient (Wildman–Crippen LogP) is 3.04. The van der Waals surface area contributed by atoms with Crippen molar-refractivity contribution in [3.8, 4) is 5.75 Å². The summed E-state index contributed by atoms with van der Waals surface area (Å²) in [4.78, 5) is 4.09. The van der Waals surface area contributed by atoms with Crippen LogP contribution in [0.15, 0.2) is 47.5 Å². The maximum Gasteiger partial charge on any atom is 0.573 e. The molecule has 1 N–H and O–H groups in total. The van der Waals surface area contributed by atoms with Crippen LogP contribution in [0.25, 0.3) is 0 Å². The fourth-order valence-corrected chi connectivity index (χ4v) is 2.81. The number of ether oxygens (including phenoxy) is 1. The Bertz CT molecular complexity index is 790. The van der Waals surface area contributed by atoms with Gasteiger partial charge in [0.25, 0.3) is 0 Å². The van der Waals surface area contributed by atoms with E-state index in [2.05, 4.69) is 15.0 Å². The lowest BCUT2D eigenvalue weighted by Crippen LogP contribution is -2.17. The van der Waals surface area contributed by atoms with Gasteiger partial charge in [-0.25, -0.2) is 13.4 Å². The van der Waals surface area contributed by atoms with Gasteiger partial charge < -0.3 is 10.1 Å². The first-order chi connectivity index (χ1) is 11.1. The van der Waals surface area contributed by atoms with Crippen molar-refractivity contribution in [2.45, 2.75) is 17.7 Å². The minimum absolute atomic E-state index is 0.0962. The lowest BCUT2D eigenvalue weighted by Gasteiger charge is -2.11. The van der Waals surface area contributed by atoms with E-state index < -0.39 is 16.2 Å². The molecule has 1 aromatic heterocycles. The number of nitrogens with zero attached hydrogens (tertiary/aromatic N) is 1. The second kappa shape index (κ2) is 7.08. The molecule has 0 bridgehead atoms. The van der Waals surface area contributed by atoms with Crippen LogP contribution in [-0.2, 0) is 16.3 Å².